The van der Waals surface area contributed by atoms with Gasteiger partial charge in [0.1, 0.15) is 11.6 Å². The van der Waals surface area contributed by atoms with Gasteiger partial charge in [-0.1, -0.05) is 43.6 Å². The van der Waals surface area contributed by atoms with E-state index >= 15 is 0 Å². The second kappa shape index (κ2) is 8.93. The first-order valence-corrected chi connectivity index (χ1v) is 8.71. The number of amides is 1. The van der Waals surface area contributed by atoms with Crippen LogP contribution in [0.5, 0.6) is 0 Å². The molecule has 0 bridgehead atoms. The van der Waals surface area contributed by atoms with Crippen LogP contribution in [0, 0.1) is 11.3 Å². The van der Waals surface area contributed by atoms with Crippen LogP contribution in [0.25, 0.3) is 0 Å². The van der Waals surface area contributed by atoms with Crippen LogP contribution in [0.4, 0.5) is 17.1 Å². The number of hydrogen-bond donors (Lipinski definition) is 3. The number of carbonyl (C=O) groups is 1. The van der Waals surface area contributed by atoms with Crippen molar-refractivity contribution in [2.24, 2.45) is 0 Å². The average molecular weight is 369 g/mol. The molecule has 1 amide bonds. The Bertz CT molecular complexity index is 862. The third-order valence-corrected chi connectivity index (χ3v) is 4.31. The number of para-hydroxylation sites is 1. The summed E-state index contributed by atoms with van der Waals surface area (Å²) in [6.07, 6.45) is 3.13. The lowest BCUT2D eigenvalue weighted by Crippen LogP contribution is -2.15. The number of benzene rings is 2. The molecule has 2 rings (SSSR count). The third kappa shape index (κ3) is 4.56. The number of nitriles is 1. The SMILES string of the molecule is CCc1cccc(CC)c1N/C=C(/C#N)C(=O)Nc1ccc(N)c(Cl)c1. The van der Waals surface area contributed by atoms with Gasteiger partial charge in [-0.2, -0.15) is 5.26 Å². The van der Waals surface area contributed by atoms with Crippen molar-refractivity contribution in [2.45, 2.75) is 26.7 Å². The highest BCUT2D eigenvalue weighted by atomic mass is 35.5. The number of rotatable bonds is 6. The van der Waals surface area contributed by atoms with Crippen molar-refractivity contribution in [1.29, 1.82) is 5.26 Å². The maximum atomic E-state index is 12.4. The lowest BCUT2D eigenvalue weighted by atomic mass is 10.0. The lowest BCUT2D eigenvalue weighted by Gasteiger charge is -2.13. The molecule has 26 heavy (non-hydrogen) atoms. The molecular formula is C20H21ClN4O. The van der Waals surface area contributed by atoms with E-state index in [0.717, 1.165) is 29.7 Å². The smallest absolute Gasteiger partial charge is 0.267 e. The van der Waals surface area contributed by atoms with Gasteiger partial charge in [-0.3, -0.25) is 4.79 Å². The van der Waals surface area contributed by atoms with Gasteiger partial charge in [0.05, 0.1) is 10.7 Å². The Morgan fingerprint density at radius 1 is 1.23 bits per heavy atom. The van der Waals surface area contributed by atoms with Gasteiger partial charge in [-0.05, 0) is 42.2 Å². The first-order chi connectivity index (χ1) is 12.5. The topological polar surface area (TPSA) is 90.9 Å². The number of anilines is 3. The summed E-state index contributed by atoms with van der Waals surface area (Å²) in [5, 5.41) is 15.5. The summed E-state index contributed by atoms with van der Waals surface area (Å²) in [4.78, 5) is 12.4. The van der Waals surface area contributed by atoms with E-state index in [1.54, 1.807) is 18.2 Å². The molecule has 0 spiro atoms. The van der Waals surface area contributed by atoms with E-state index in [4.69, 9.17) is 17.3 Å². The number of nitrogens with two attached hydrogens (primary N) is 1. The first kappa shape index (κ1) is 19.4. The van der Waals surface area contributed by atoms with Crippen LogP contribution >= 0.6 is 11.6 Å². The number of hydrogen-bond acceptors (Lipinski definition) is 4. The zero-order valence-corrected chi connectivity index (χ0v) is 15.5. The van der Waals surface area contributed by atoms with Gasteiger partial charge >= 0.3 is 0 Å². The molecule has 0 aliphatic carbocycles. The molecule has 0 atom stereocenters. The van der Waals surface area contributed by atoms with Crippen molar-refractivity contribution in [3.63, 3.8) is 0 Å². The molecule has 0 saturated heterocycles. The average Bonchev–Trinajstić information content (AvgIpc) is 2.65. The maximum Gasteiger partial charge on any atom is 0.267 e. The second-order valence-electron chi connectivity index (χ2n) is 5.66. The molecule has 0 unspecified atom stereocenters. The first-order valence-electron chi connectivity index (χ1n) is 8.34. The van der Waals surface area contributed by atoms with Crippen LogP contribution in [0.1, 0.15) is 25.0 Å². The van der Waals surface area contributed by atoms with Crippen molar-refractivity contribution in [2.75, 3.05) is 16.4 Å². The Labute approximate surface area is 158 Å². The van der Waals surface area contributed by atoms with Crippen molar-refractivity contribution >= 4 is 34.6 Å². The summed E-state index contributed by atoms with van der Waals surface area (Å²) in [6, 6.07) is 12.7. The number of nitrogen functional groups attached to an aromatic ring is 1. The zero-order chi connectivity index (χ0) is 19.1. The monoisotopic (exact) mass is 368 g/mol. The predicted molar refractivity (Wildman–Crippen MR) is 107 cm³/mol. The van der Waals surface area contributed by atoms with Crippen molar-refractivity contribution in [1.82, 2.24) is 0 Å². The minimum absolute atomic E-state index is 0.0362. The van der Waals surface area contributed by atoms with E-state index in [1.165, 1.54) is 6.20 Å². The number of halogens is 1. The Morgan fingerprint density at radius 3 is 2.42 bits per heavy atom. The molecule has 2 aromatic carbocycles. The van der Waals surface area contributed by atoms with Gasteiger partial charge in [0.25, 0.3) is 5.91 Å². The van der Waals surface area contributed by atoms with Gasteiger partial charge in [-0.15, -0.1) is 0 Å². The fourth-order valence-electron chi connectivity index (χ4n) is 2.52. The number of nitrogens with one attached hydrogen (secondary N) is 2. The molecule has 0 aromatic heterocycles. The fraction of sp³-hybridized carbons (Fsp3) is 0.200. The number of aryl methyl sites for hydroxylation is 2. The highest BCUT2D eigenvalue weighted by Crippen LogP contribution is 2.24. The minimum Gasteiger partial charge on any atom is -0.398 e. The Kier molecular flexibility index (Phi) is 6.65. The summed E-state index contributed by atoms with van der Waals surface area (Å²) < 4.78 is 0. The van der Waals surface area contributed by atoms with Gasteiger partial charge in [0.2, 0.25) is 0 Å². The molecule has 6 heteroatoms. The van der Waals surface area contributed by atoms with E-state index in [-0.39, 0.29) is 5.57 Å². The van der Waals surface area contributed by atoms with Gasteiger partial charge in [-0.25, -0.2) is 0 Å². The molecule has 4 N–H and O–H groups in total. The Hall–Kier alpha value is -2.97. The van der Waals surface area contributed by atoms with E-state index in [0.29, 0.717) is 16.4 Å². The molecule has 0 aliphatic heterocycles. The van der Waals surface area contributed by atoms with Crippen LogP contribution in [-0.4, -0.2) is 5.91 Å². The molecule has 134 valence electrons. The van der Waals surface area contributed by atoms with Crippen molar-refractivity contribution in [3.8, 4) is 6.07 Å². The van der Waals surface area contributed by atoms with Gasteiger partial charge < -0.3 is 16.4 Å². The largest absolute Gasteiger partial charge is 0.398 e. The molecule has 0 fully saturated rings. The summed E-state index contributed by atoms with van der Waals surface area (Å²) in [7, 11) is 0. The maximum absolute atomic E-state index is 12.4. The van der Waals surface area contributed by atoms with Crippen LogP contribution in [0.2, 0.25) is 5.02 Å². The molecular weight excluding hydrogens is 348 g/mol. The lowest BCUT2D eigenvalue weighted by molar-refractivity contribution is -0.112. The highest BCUT2D eigenvalue weighted by Gasteiger charge is 2.11. The normalized spacial score (nSPS) is 10.9. The quantitative estimate of drug-likeness (QED) is 0.397. The van der Waals surface area contributed by atoms with E-state index < -0.39 is 5.91 Å². The molecule has 0 radical (unpaired) electrons. The Balaban J connectivity index is 2.21. The van der Waals surface area contributed by atoms with E-state index in [1.807, 2.05) is 24.3 Å². The molecule has 0 heterocycles. The summed E-state index contributed by atoms with van der Waals surface area (Å²) in [6.45, 7) is 4.12. The van der Waals surface area contributed by atoms with Crippen molar-refractivity contribution < 1.29 is 4.79 Å². The van der Waals surface area contributed by atoms with Crippen LogP contribution in [0.15, 0.2) is 48.2 Å². The van der Waals surface area contributed by atoms with Gasteiger partial charge in [0, 0.05) is 17.6 Å². The van der Waals surface area contributed by atoms with Crippen molar-refractivity contribution in [3.05, 3.63) is 64.3 Å². The minimum atomic E-state index is -0.520. The zero-order valence-electron chi connectivity index (χ0n) is 14.8. The summed E-state index contributed by atoms with van der Waals surface area (Å²) in [5.41, 5.74) is 9.71. The molecule has 2 aromatic rings. The highest BCUT2D eigenvalue weighted by molar-refractivity contribution is 6.33. The number of carbonyl (C=O) groups excluding carboxylic acids is 1. The third-order valence-electron chi connectivity index (χ3n) is 3.98. The van der Waals surface area contributed by atoms with Crippen LogP contribution in [0.3, 0.4) is 0 Å². The predicted octanol–water partition coefficient (Wildman–Crippen LogP) is 4.51. The van der Waals surface area contributed by atoms with Gasteiger partial charge in [0.15, 0.2) is 0 Å². The molecule has 0 aliphatic rings. The summed E-state index contributed by atoms with van der Waals surface area (Å²) >= 11 is 5.95. The van der Waals surface area contributed by atoms with Crippen LogP contribution in [-0.2, 0) is 17.6 Å². The standard InChI is InChI=1S/C20H21ClN4O/c1-3-13-6-5-7-14(4-2)19(13)24-12-15(11-22)20(26)25-16-8-9-18(23)17(21)10-16/h5-10,12,24H,3-4,23H2,1-2H3,(H,25,26)/b15-12-. The molecule has 5 nitrogen and oxygen atoms in total. The fourth-order valence-corrected chi connectivity index (χ4v) is 2.70. The van der Waals surface area contributed by atoms with Crippen LogP contribution < -0.4 is 16.4 Å². The Morgan fingerprint density at radius 2 is 1.88 bits per heavy atom. The van der Waals surface area contributed by atoms with E-state index in [9.17, 15) is 10.1 Å². The number of nitrogens with zero attached hydrogens (tertiary/aromatic N) is 1. The summed E-state index contributed by atoms with van der Waals surface area (Å²) in [5.74, 6) is -0.520. The molecule has 0 saturated carbocycles. The van der Waals surface area contributed by atoms with E-state index in [2.05, 4.69) is 24.5 Å². The second-order valence-corrected chi connectivity index (χ2v) is 6.07.